The first-order valence-corrected chi connectivity index (χ1v) is 8.89. The van der Waals surface area contributed by atoms with E-state index in [2.05, 4.69) is 4.40 Å². The van der Waals surface area contributed by atoms with Gasteiger partial charge in [0.2, 0.25) is 0 Å². The van der Waals surface area contributed by atoms with Gasteiger partial charge in [0.1, 0.15) is 5.84 Å². The molecular formula is C18H22N2O2S. The van der Waals surface area contributed by atoms with Gasteiger partial charge in [-0.3, -0.25) is 0 Å². The summed E-state index contributed by atoms with van der Waals surface area (Å²) in [6.45, 7) is 3.88. The largest absolute Gasteiger partial charge is 0.365 e. The fourth-order valence-corrected chi connectivity index (χ4v) is 3.48. The van der Waals surface area contributed by atoms with Gasteiger partial charge in [0.05, 0.1) is 4.90 Å². The second-order valence-corrected chi connectivity index (χ2v) is 7.37. The van der Waals surface area contributed by atoms with Crippen LogP contribution in [0.2, 0.25) is 0 Å². The van der Waals surface area contributed by atoms with Crippen molar-refractivity contribution in [2.24, 2.45) is 4.40 Å². The van der Waals surface area contributed by atoms with Gasteiger partial charge in [-0.2, -0.15) is 8.42 Å². The Morgan fingerprint density at radius 3 is 2.09 bits per heavy atom. The molecule has 1 atom stereocenters. The van der Waals surface area contributed by atoms with E-state index in [4.69, 9.17) is 0 Å². The second-order valence-electron chi connectivity index (χ2n) is 5.76. The molecule has 2 rings (SSSR count). The van der Waals surface area contributed by atoms with Crippen molar-refractivity contribution in [1.82, 2.24) is 4.90 Å². The number of sulfonamides is 1. The molecular weight excluding hydrogens is 308 g/mol. The van der Waals surface area contributed by atoms with E-state index in [0.717, 1.165) is 11.1 Å². The molecule has 0 radical (unpaired) electrons. The SMILES string of the molecule is Cc1ccc(S(=O)(=O)/N=C(\C(C)c2ccccc2)N(C)C)cc1. The van der Waals surface area contributed by atoms with E-state index in [9.17, 15) is 8.42 Å². The minimum Gasteiger partial charge on any atom is -0.365 e. The maximum Gasteiger partial charge on any atom is 0.283 e. The summed E-state index contributed by atoms with van der Waals surface area (Å²) >= 11 is 0. The van der Waals surface area contributed by atoms with Gasteiger partial charge in [0.15, 0.2) is 0 Å². The quantitative estimate of drug-likeness (QED) is 0.637. The van der Waals surface area contributed by atoms with Crippen molar-refractivity contribution in [3.63, 3.8) is 0 Å². The maximum atomic E-state index is 12.6. The zero-order chi connectivity index (χ0) is 17.0. The van der Waals surface area contributed by atoms with Crippen LogP contribution in [0.15, 0.2) is 63.9 Å². The normalized spacial score (nSPS) is 13.7. The Morgan fingerprint density at radius 2 is 1.57 bits per heavy atom. The smallest absolute Gasteiger partial charge is 0.283 e. The fourth-order valence-electron chi connectivity index (χ4n) is 2.32. The number of benzene rings is 2. The lowest BCUT2D eigenvalue weighted by molar-refractivity contribution is 0.581. The van der Waals surface area contributed by atoms with E-state index in [1.165, 1.54) is 0 Å². The second kappa shape index (κ2) is 6.96. The fraction of sp³-hybridized carbons (Fsp3) is 0.278. The summed E-state index contributed by atoms with van der Waals surface area (Å²) in [4.78, 5) is 1.96. The molecule has 0 heterocycles. The molecule has 2 aromatic carbocycles. The summed E-state index contributed by atoms with van der Waals surface area (Å²) in [5.74, 6) is 0.392. The van der Waals surface area contributed by atoms with Crippen LogP contribution in [0.5, 0.6) is 0 Å². The Labute approximate surface area is 138 Å². The minimum atomic E-state index is -3.73. The van der Waals surface area contributed by atoms with Gasteiger partial charge in [-0.25, -0.2) is 0 Å². The van der Waals surface area contributed by atoms with E-state index < -0.39 is 10.0 Å². The van der Waals surface area contributed by atoms with Gasteiger partial charge in [0, 0.05) is 20.0 Å². The molecule has 0 spiro atoms. The molecule has 0 aliphatic rings. The predicted octanol–water partition coefficient (Wildman–Crippen LogP) is 3.45. The Morgan fingerprint density at radius 1 is 1.00 bits per heavy atom. The molecule has 0 aromatic heterocycles. The monoisotopic (exact) mass is 330 g/mol. The highest BCUT2D eigenvalue weighted by Gasteiger charge is 2.20. The van der Waals surface area contributed by atoms with Crippen LogP contribution >= 0.6 is 0 Å². The van der Waals surface area contributed by atoms with Gasteiger partial charge in [-0.05, 0) is 24.6 Å². The molecule has 1 unspecified atom stereocenters. The molecule has 0 fully saturated rings. The third-order valence-electron chi connectivity index (χ3n) is 3.68. The number of nitrogens with zero attached hydrogens (tertiary/aromatic N) is 2. The molecule has 2 aromatic rings. The Bertz CT molecular complexity index is 780. The minimum absolute atomic E-state index is 0.119. The Balaban J connectivity index is 2.44. The Hall–Kier alpha value is -2.14. The Kier molecular flexibility index (Phi) is 5.21. The van der Waals surface area contributed by atoms with Crippen LogP contribution < -0.4 is 0 Å². The molecule has 4 nitrogen and oxygen atoms in total. The number of aryl methyl sites for hydroxylation is 1. The topological polar surface area (TPSA) is 49.7 Å². The van der Waals surface area contributed by atoms with E-state index in [-0.39, 0.29) is 10.8 Å². The van der Waals surface area contributed by atoms with Crippen molar-refractivity contribution in [2.75, 3.05) is 14.1 Å². The lowest BCUT2D eigenvalue weighted by Crippen LogP contribution is -2.28. The van der Waals surface area contributed by atoms with Crippen LogP contribution in [0.25, 0.3) is 0 Å². The van der Waals surface area contributed by atoms with Crippen molar-refractivity contribution >= 4 is 15.9 Å². The van der Waals surface area contributed by atoms with Crippen LogP contribution in [-0.4, -0.2) is 33.2 Å². The third kappa shape index (κ3) is 4.20. The summed E-state index contributed by atoms with van der Waals surface area (Å²) in [7, 11) is -0.111. The molecule has 0 amide bonds. The van der Waals surface area contributed by atoms with Crippen molar-refractivity contribution in [3.8, 4) is 0 Å². The molecule has 0 aliphatic carbocycles. The number of likely N-dealkylation sites (N-methyl/N-ethyl adjacent to an activating group) is 1. The highest BCUT2D eigenvalue weighted by Crippen LogP contribution is 2.21. The average molecular weight is 330 g/mol. The van der Waals surface area contributed by atoms with Gasteiger partial charge < -0.3 is 4.90 Å². The molecule has 0 aliphatic heterocycles. The predicted molar refractivity (Wildman–Crippen MR) is 94.3 cm³/mol. The summed E-state index contributed by atoms with van der Waals surface area (Å²) in [5, 5.41) is 0. The van der Waals surface area contributed by atoms with E-state index >= 15 is 0 Å². The van der Waals surface area contributed by atoms with Crippen LogP contribution in [0.3, 0.4) is 0 Å². The summed E-state index contributed by atoms with van der Waals surface area (Å²) < 4.78 is 29.3. The number of hydrogen-bond acceptors (Lipinski definition) is 2. The standard InChI is InChI=1S/C18H22N2O2S/c1-14-10-12-17(13-11-14)23(21,22)19-18(20(3)4)15(2)16-8-6-5-7-9-16/h5-13,15H,1-4H3/b19-18+. The van der Waals surface area contributed by atoms with Crippen molar-refractivity contribution in [1.29, 1.82) is 0 Å². The van der Waals surface area contributed by atoms with Gasteiger partial charge in [0.25, 0.3) is 10.0 Å². The zero-order valence-corrected chi connectivity index (χ0v) is 14.7. The lowest BCUT2D eigenvalue weighted by Gasteiger charge is -2.22. The maximum absolute atomic E-state index is 12.6. The van der Waals surface area contributed by atoms with Crippen LogP contribution in [-0.2, 0) is 10.0 Å². The van der Waals surface area contributed by atoms with Gasteiger partial charge in [-0.15, -0.1) is 4.40 Å². The highest BCUT2D eigenvalue weighted by molar-refractivity contribution is 7.90. The number of hydrogen-bond donors (Lipinski definition) is 0. The first-order chi connectivity index (χ1) is 10.8. The van der Waals surface area contributed by atoms with E-state index in [0.29, 0.717) is 5.84 Å². The van der Waals surface area contributed by atoms with E-state index in [1.54, 1.807) is 29.2 Å². The summed E-state index contributed by atoms with van der Waals surface area (Å²) in [6.07, 6.45) is 0. The van der Waals surface area contributed by atoms with Crippen molar-refractivity contribution < 1.29 is 8.42 Å². The zero-order valence-electron chi connectivity index (χ0n) is 13.9. The molecule has 0 N–H and O–H groups in total. The third-order valence-corrected chi connectivity index (χ3v) is 4.97. The van der Waals surface area contributed by atoms with Crippen molar-refractivity contribution in [2.45, 2.75) is 24.7 Å². The number of amidine groups is 1. The van der Waals surface area contributed by atoms with Crippen LogP contribution in [0.4, 0.5) is 0 Å². The van der Waals surface area contributed by atoms with Gasteiger partial charge >= 0.3 is 0 Å². The lowest BCUT2D eigenvalue weighted by atomic mass is 10.00. The average Bonchev–Trinajstić information content (AvgIpc) is 2.53. The van der Waals surface area contributed by atoms with Crippen LogP contribution in [0.1, 0.15) is 24.0 Å². The molecule has 0 saturated carbocycles. The highest BCUT2D eigenvalue weighted by atomic mass is 32.2. The molecule has 0 saturated heterocycles. The van der Waals surface area contributed by atoms with Gasteiger partial charge in [-0.1, -0.05) is 55.0 Å². The summed E-state index contributed by atoms with van der Waals surface area (Å²) in [6, 6.07) is 16.5. The molecule has 5 heteroatoms. The first-order valence-electron chi connectivity index (χ1n) is 7.45. The van der Waals surface area contributed by atoms with Crippen molar-refractivity contribution in [3.05, 3.63) is 65.7 Å². The molecule has 122 valence electrons. The molecule has 0 bridgehead atoms. The first kappa shape index (κ1) is 17.2. The summed E-state index contributed by atoms with van der Waals surface area (Å²) in [5.41, 5.74) is 2.04. The van der Waals surface area contributed by atoms with Crippen LogP contribution in [0, 0.1) is 6.92 Å². The molecule has 23 heavy (non-hydrogen) atoms. The number of rotatable bonds is 4. The van der Waals surface area contributed by atoms with E-state index in [1.807, 2.05) is 58.3 Å².